The Labute approximate surface area is 563 Å². The smallest absolute Gasteiger partial charge is 0.361 e. The van der Waals surface area contributed by atoms with E-state index in [0.29, 0.717) is 17.4 Å². The van der Waals surface area contributed by atoms with Gasteiger partial charge in [0.25, 0.3) is 6.29 Å². The first-order valence-electron chi connectivity index (χ1n) is 38.8. The van der Waals surface area contributed by atoms with Crippen LogP contribution in [0.15, 0.2) is 85.1 Å². The maximum atomic E-state index is 13.0. The number of likely N-dealkylation sites (N-methyl/N-ethyl adjacent to an activating group) is 1. The minimum atomic E-state index is -1.51. The second-order valence-electron chi connectivity index (χ2n) is 27.3. The summed E-state index contributed by atoms with van der Waals surface area (Å²) in [5.41, 5.74) is 0. The SMILES string of the molecule is CC/C=C\C/C=C\C/C=C\C/C=C\CCCCCCCCCCCCCCCCCCCCCCCCCCC(=O)OC(COC(=O)CCCCCCCCCCCCCCCC/C=C\C/C=C\C/C=C\CCCCCCC)COC(OCC[N+](C)(C)C)C(=O)O. The summed E-state index contributed by atoms with van der Waals surface area (Å²) in [5.74, 6) is -1.98. The highest BCUT2D eigenvalue weighted by Gasteiger charge is 2.25. The van der Waals surface area contributed by atoms with E-state index in [0.717, 1.165) is 77.0 Å². The van der Waals surface area contributed by atoms with E-state index >= 15 is 0 Å². The lowest BCUT2D eigenvalue weighted by Crippen LogP contribution is -2.40. The summed E-state index contributed by atoms with van der Waals surface area (Å²) in [4.78, 5) is 37.7. The van der Waals surface area contributed by atoms with Crippen molar-refractivity contribution in [2.45, 2.75) is 373 Å². The summed E-state index contributed by atoms with van der Waals surface area (Å²) in [6.45, 7) is 4.80. The highest BCUT2D eigenvalue weighted by molar-refractivity contribution is 5.71. The summed E-state index contributed by atoms with van der Waals surface area (Å²) in [6, 6.07) is 0. The van der Waals surface area contributed by atoms with E-state index in [1.165, 1.54) is 257 Å². The van der Waals surface area contributed by atoms with Crippen LogP contribution in [0.1, 0.15) is 361 Å². The van der Waals surface area contributed by atoms with Gasteiger partial charge in [-0.3, -0.25) is 9.59 Å². The average molecular weight is 1280 g/mol. The lowest BCUT2D eigenvalue weighted by molar-refractivity contribution is -0.870. The molecule has 0 aromatic rings. The largest absolute Gasteiger partial charge is 0.477 e. The number of esters is 2. The van der Waals surface area contributed by atoms with Crippen LogP contribution in [0.3, 0.4) is 0 Å². The van der Waals surface area contributed by atoms with E-state index in [9.17, 15) is 19.5 Å². The molecule has 0 radical (unpaired) electrons. The van der Waals surface area contributed by atoms with Crippen molar-refractivity contribution in [3.63, 3.8) is 0 Å². The molecule has 0 rings (SSSR count). The fraction of sp³-hybridized carbons (Fsp3) is 0.793. The van der Waals surface area contributed by atoms with Crippen LogP contribution < -0.4 is 0 Å². The van der Waals surface area contributed by atoms with E-state index in [2.05, 4.69) is 98.9 Å². The Balaban J connectivity index is 4.01. The molecule has 0 aromatic carbocycles. The molecule has 0 fully saturated rings. The molecule has 0 aliphatic rings. The number of carboxylic acids is 1. The van der Waals surface area contributed by atoms with Gasteiger partial charge >= 0.3 is 17.9 Å². The van der Waals surface area contributed by atoms with Crippen molar-refractivity contribution in [2.24, 2.45) is 0 Å². The molecule has 0 aliphatic carbocycles. The number of ether oxygens (including phenoxy) is 4. The Hall–Kier alpha value is -3.53. The molecule has 0 aromatic heterocycles. The molecule has 0 amide bonds. The van der Waals surface area contributed by atoms with Crippen LogP contribution in [-0.4, -0.2) is 87.4 Å². The maximum absolute atomic E-state index is 13.0. The third-order valence-electron chi connectivity index (χ3n) is 17.1. The van der Waals surface area contributed by atoms with E-state index < -0.39 is 18.4 Å². The number of hydrogen-bond acceptors (Lipinski definition) is 7. The summed E-state index contributed by atoms with van der Waals surface area (Å²) < 4.78 is 23.0. The predicted molar refractivity (Wildman–Crippen MR) is 392 cm³/mol. The van der Waals surface area contributed by atoms with Gasteiger partial charge in [0.2, 0.25) is 0 Å². The summed E-state index contributed by atoms with van der Waals surface area (Å²) in [7, 11) is 5.99. The number of carbonyl (C=O) groups is 3. The van der Waals surface area contributed by atoms with Crippen LogP contribution in [-0.2, 0) is 33.3 Å². The van der Waals surface area contributed by atoms with Crippen molar-refractivity contribution in [1.82, 2.24) is 0 Å². The van der Waals surface area contributed by atoms with E-state index in [4.69, 9.17) is 18.9 Å². The molecule has 2 unspecified atom stereocenters. The Bertz CT molecular complexity index is 1770. The zero-order valence-electron chi connectivity index (χ0n) is 60.5. The molecule has 528 valence electrons. The number of allylic oxidation sites excluding steroid dienone is 14. The van der Waals surface area contributed by atoms with Gasteiger partial charge < -0.3 is 28.5 Å². The van der Waals surface area contributed by atoms with E-state index in [1.807, 2.05) is 21.1 Å². The molecule has 0 aliphatic heterocycles. The van der Waals surface area contributed by atoms with Gasteiger partial charge in [0, 0.05) is 12.8 Å². The van der Waals surface area contributed by atoms with Gasteiger partial charge in [-0.1, -0.05) is 343 Å². The first-order valence-corrected chi connectivity index (χ1v) is 38.8. The fourth-order valence-electron chi connectivity index (χ4n) is 11.3. The summed E-state index contributed by atoms with van der Waals surface area (Å²) in [6.07, 6.45) is 95.8. The summed E-state index contributed by atoms with van der Waals surface area (Å²) >= 11 is 0. The van der Waals surface area contributed by atoms with Crippen molar-refractivity contribution in [3.05, 3.63) is 85.1 Å². The van der Waals surface area contributed by atoms with Crippen molar-refractivity contribution < 1.29 is 42.9 Å². The van der Waals surface area contributed by atoms with Crippen LogP contribution in [0.2, 0.25) is 0 Å². The molecule has 0 saturated carbocycles. The third kappa shape index (κ3) is 73.7. The van der Waals surface area contributed by atoms with Gasteiger partial charge in [0.15, 0.2) is 6.10 Å². The number of unbranched alkanes of at least 4 members (excludes halogenated alkanes) is 43. The first-order chi connectivity index (χ1) is 44.6. The first kappa shape index (κ1) is 87.5. The fourth-order valence-corrected chi connectivity index (χ4v) is 11.3. The number of carbonyl (C=O) groups excluding carboxylic acids is 2. The summed E-state index contributed by atoms with van der Waals surface area (Å²) in [5, 5.41) is 9.77. The maximum Gasteiger partial charge on any atom is 0.361 e. The van der Waals surface area contributed by atoms with Gasteiger partial charge in [-0.05, 0) is 89.9 Å². The standard InChI is InChI=1S/C82H147NO8/c1-6-8-10-12-14-16-18-20-22-24-26-28-30-32-34-36-37-38-39-40-41-42-43-45-47-49-51-53-55-57-59-61-63-65-67-69-71-73-80(85)91-78(77-90-82(81(86)87)88-75-74-83(3,4)5)76-89-79(84)72-70-68-66-64-62-60-58-56-54-52-50-48-46-44-35-33-31-29-27-25-23-21-19-17-15-13-11-9-7-2/h8,10,14,16,19-22,25-28,31,33,78,82H,6-7,9,11-13,15,17-18,23-24,29-30,32,34-77H2,1-5H3/p+1/b10-8-,16-14-,21-19-,22-20-,27-25-,28-26-,33-31-. The molecule has 0 heterocycles. The normalized spacial score (nSPS) is 13.1. The van der Waals surface area contributed by atoms with Crippen molar-refractivity contribution in [1.29, 1.82) is 0 Å². The molecule has 9 nitrogen and oxygen atoms in total. The number of nitrogens with zero attached hydrogens (tertiary/aromatic N) is 1. The number of hydrogen-bond donors (Lipinski definition) is 1. The minimum absolute atomic E-state index is 0.180. The predicted octanol–water partition coefficient (Wildman–Crippen LogP) is 24.6. The second kappa shape index (κ2) is 72.3. The lowest BCUT2D eigenvalue weighted by atomic mass is 10.0. The second-order valence-corrected chi connectivity index (χ2v) is 27.3. The molecule has 0 spiro atoms. The number of carboxylic acid groups (broad SMARTS) is 1. The van der Waals surface area contributed by atoms with Gasteiger partial charge in [0.05, 0.1) is 34.4 Å². The number of aliphatic carboxylic acids is 1. The molecule has 2 atom stereocenters. The quantitative estimate of drug-likeness (QED) is 0.0211. The Morgan fingerprint density at radius 1 is 0.341 bits per heavy atom. The minimum Gasteiger partial charge on any atom is -0.477 e. The highest BCUT2D eigenvalue weighted by Crippen LogP contribution is 2.19. The van der Waals surface area contributed by atoms with E-state index in [1.54, 1.807) is 0 Å². The molecule has 1 N–H and O–H groups in total. The third-order valence-corrected chi connectivity index (χ3v) is 17.1. The van der Waals surface area contributed by atoms with E-state index in [-0.39, 0.29) is 38.2 Å². The molecule has 0 saturated heterocycles. The number of quaternary nitrogens is 1. The zero-order chi connectivity index (χ0) is 66.1. The van der Waals surface area contributed by atoms with Crippen LogP contribution >= 0.6 is 0 Å². The van der Waals surface area contributed by atoms with Crippen molar-refractivity contribution >= 4 is 17.9 Å². The Morgan fingerprint density at radius 3 is 0.934 bits per heavy atom. The highest BCUT2D eigenvalue weighted by atomic mass is 16.7. The van der Waals surface area contributed by atoms with Crippen molar-refractivity contribution in [2.75, 3.05) is 47.5 Å². The van der Waals surface area contributed by atoms with Crippen LogP contribution in [0.25, 0.3) is 0 Å². The van der Waals surface area contributed by atoms with Gasteiger partial charge in [-0.2, -0.15) is 0 Å². The molecular formula is C82H148NO8+. The van der Waals surface area contributed by atoms with Gasteiger partial charge in [-0.25, -0.2) is 4.79 Å². The molecule has 9 heteroatoms. The number of rotatable bonds is 72. The molecule has 0 bridgehead atoms. The zero-order valence-corrected chi connectivity index (χ0v) is 60.5. The lowest BCUT2D eigenvalue weighted by Gasteiger charge is -2.25. The van der Waals surface area contributed by atoms with Gasteiger partial charge in [0.1, 0.15) is 13.2 Å². The van der Waals surface area contributed by atoms with Crippen LogP contribution in [0, 0.1) is 0 Å². The Morgan fingerprint density at radius 2 is 0.626 bits per heavy atom. The van der Waals surface area contributed by atoms with Crippen LogP contribution in [0.4, 0.5) is 0 Å². The monoisotopic (exact) mass is 1280 g/mol. The molecule has 91 heavy (non-hydrogen) atoms. The Kier molecular flexibility index (Phi) is 69.5. The molecular weight excluding hydrogens is 1130 g/mol. The van der Waals surface area contributed by atoms with Crippen molar-refractivity contribution in [3.8, 4) is 0 Å². The van der Waals surface area contributed by atoms with Gasteiger partial charge in [-0.15, -0.1) is 0 Å². The topological polar surface area (TPSA) is 108 Å². The average Bonchev–Trinajstić information content (AvgIpc) is 3.50. The van der Waals surface area contributed by atoms with Crippen LogP contribution in [0.5, 0.6) is 0 Å².